The van der Waals surface area contributed by atoms with Crippen LogP contribution in [0.15, 0.2) is 71.8 Å². The molecule has 1 amide bonds. The van der Waals surface area contributed by atoms with Crippen LogP contribution in [-0.2, 0) is 0 Å². The van der Waals surface area contributed by atoms with E-state index < -0.39 is 32.9 Å². The lowest BCUT2D eigenvalue weighted by atomic mass is 10.2. The van der Waals surface area contributed by atoms with Crippen LogP contribution in [0.3, 0.4) is 0 Å². The van der Waals surface area contributed by atoms with Gasteiger partial charge in [-0.25, -0.2) is 9.82 Å². The number of ether oxygens (including phenoxy) is 1. The summed E-state index contributed by atoms with van der Waals surface area (Å²) in [7, 11) is 0. The van der Waals surface area contributed by atoms with Crippen LogP contribution in [0.25, 0.3) is 0 Å². The lowest BCUT2D eigenvalue weighted by Crippen LogP contribution is -2.18. The van der Waals surface area contributed by atoms with Gasteiger partial charge in [0.25, 0.3) is 11.6 Å². The van der Waals surface area contributed by atoms with Gasteiger partial charge in [0.2, 0.25) is 5.75 Å². The van der Waals surface area contributed by atoms with E-state index in [0.29, 0.717) is 5.56 Å². The smallest absolute Gasteiger partial charge is 0.318 e. The number of nitro groups is 2. The Morgan fingerprint density at radius 1 is 1.00 bits per heavy atom. The first-order valence-corrected chi connectivity index (χ1v) is 8.64. The Bertz CT molecular complexity index is 1180. The zero-order valence-corrected chi connectivity index (χ0v) is 15.6. The number of nitrogens with zero attached hydrogens (tertiary/aromatic N) is 3. The lowest BCUT2D eigenvalue weighted by Gasteiger charge is -2.06. The van der Waals surface area contributed by atoms with Crippen molar-refractivity contribution in [2.75, 3.05) is 0 Å². The maximum absolute atomic E-state index is 13.6. The maximum atomic E-state index is 13.6. The van der Waals surface area contributed by atoms with Crippen LogP contribution in [0.1, 0.15) is 15.9 Å². The maximum Gasteiger partial charge on any atom is 0.318 e. The summed E-state index contributed by atoms with van der Waals surface area (Å²) in [5.41, 5.74) is 1.64. The van der Waals surface area contributed by atoms with Crippen LogP contribution in [-0.4, -0.2) is 22.0 Å². The van der Waals surface area contributed by atoms with Crippen molar-refractivity contribution in [3.8, 4) is 11.5 Å². The molecule has 3 aromatic rings. The molecule has 0 aliphatic carbocycles. The van der Waals surface area contributed by atoms with E-state index in [1.54, 1.807) is 12.1 Å². The summed E-state index contributed by atoms with van der Waals surface area (Å²) in [6, 6.07) is 14.6. The van der Waals surface area contributed by atoms with Crippen molar-refractivity contribution in [3.63, 3.8) is 0 Å². The molecule has 0 aliphatic heterocycles. The molecule has 1 N–H and O–H groups in total. The molecule has 3 aromatic carbocycles. The second-order valence-electron chi connectivity index (χ2n) is 6.02. The number of nitrogens with one attached hydrogen (secondary N) is 1. The number of halogens is 1. The zero-order chi connectivity index (χ0) is 22.4. The summed E-state index contributed by atoms with van der Waals surface area (Å²) in [5.74, 6) is -1.30. The van der Waals surface area contributed by atoms with Gasteiger partial charge in [0.05, 0.1) is 27.7 Å². The minimum absolute atomic E-state index is 0.145. The lowest BCUT2D eigenvalue weighted by molar-refractivity contribution is -0.394. The largest absolute Gasteiger partial charge is 0.450 e. The molecule has 0 radical (unpaired) electrons. The normalized spacial score (nSPS) is 10.6. The van der Waals surface area contributed by atoms with Crippen molar-refractivity contribution in [1.82, 2.24) is 5.43 Å². The summed E-state index contributed by atoms with van der Waals surface area (Å²) in [4.78, 5) is 32.3. The van der Waals surface area contributed by atoms with Gasteiger partial charge in [-0.2, -0.15) is 5.10 Å². The number of amides is 1. The van der Waals surface area contributed by atoms with E-state index >= 15 is 0 Å². The molecular weight excluding hydrogens is 411 g/mol. The second-order valence-corrected chi connectivity index (χ2v) is 6.02. The Hall–Kier alpha value is -4.67. The van der Waals surface area contributed by atoms with E-state index in [-0.39, 0.29) is 17.1 Å². The number of nitro benzene ring substituents is 2. The summed E-state index contributed by atoms with van der Waals surface area (Å²) in [6.45, 7) is 0. The molecule has 11 heteroatoms. The number of carbonyl (C=O) groups excluding carboxylic acids is 1. The van der Waals surface area contributed by atoms with Crippen LogP contribution in [0.4, 0.5) is 15.8 Å². The Morgan fingerprint density at radius 3 is 2.35 bits per heavy atom. The third kappa shape index (κ3) is 5.23. The Kier molecular flexibility index (Phi) is 6.26. The molecule has 10 nitrogen and oxygen atoms in total. The van der Waals surface area contributed by atoms with Gasteiger partial charge in [-0.15, -0.1) is 0 Å². The molecule has 156 valence electrons. The molecule has 3 rings (SSSR count). The standard InChI is InChI=1S/C20H13FN4O6/c21-17-4-2-1-3-16(17)20(26)23-22-12-13-5-8-15(9-6-13)31-19-10-7-14(24(27)28)11-18(19)25(29)30/h1-12H,(H,23,26)/b22-12+. The highest BCUT2D eigenvalue weighted by Gasteiger charge is 2.21. The predicted molar refractivity (Wildman–Crippen MR) is 108 cm³/mol. The van der Waals surface area contributed by atoms with Crippen molar-refractivity contribution < 1.29 is 23.8 Å². The Labute approximate surface area is 173 Å². The van der Waals surface area contributed by atoms with Crippen LogP contribution >= 0.6 is 0 Å². The molecular formula is C20H13FN4O6. The quantitative estimate of drug-likeness (QED) is 0.343. The first-order chi connectivity index (χ1) is 14.8. The summed E-state index contributed by atoms with van der Waals surface area (Å²) in [6.07, 6.45) is 1.32. The van der Waals surface area contributed by atoms with Crippen molar-refractivity contribution in [1.29, 1.82) is 0 Å². The fourth-order valence-electron chi connectivity index (χ4n) is 2.47. The third-order valence-corrected chi connectivity index (χ3v) is 3.96. The van der Waals surface area contributed by atoms with E-state index in [2.05, 4.69) is 10.5 Å². The molecule has 0 saturated carbocycles. The summed E-state index contributed by atoms with van der Waals surface area (Å²) in [5, 5.41) is 25.7. The molecule has 0 fully saturated rings. The summed E-state index contributed by atoms with van der Waals surface area (Å²) >= 11 is 0. The van der Waals surface area contributed by atoms with Gasteiger partial charge >= 0.3 is 5.69 Å². The molecule has 0 atom stereocenters. The van der Waals surface area contributed by atoms with E-state index in [1.165, 1.54) is 36.5 Å². The summed E-state index contributed by atoms with van der Waals surface area (Å²) < 4.78 is 19.0. The molecule has 31 heavy (non-hydrogen) atoms. The third-order valence-electron chi connectivity index (χ3n) is 3.96. The number of benzene rings is 3. The average Bonchev–Trinajstić information content (AvgIpc) is 2.75. The van der Waals surface area contributed by atoms with Crippen molar-refractivity contribution in [3.05, 3.63) is 104 Å². The zero-order valence-electron chi connectivity index (χ0n) is 15.6. The molecule has 0 unspecified atom stereocenters. The number of hydrazone groups is 1. The fourth-order valence-corrected chi connectivity index (χ4v) is 2.47. The van der Waals surface area contributed by atoms with Gasteiger partial charge in [-0.05, 0) is 48.0 Å². The molecule has 0 bridgehead atoms. The van der Waals surface area contributed by atoms with Crippen LogP contribution in [0.2, 0.25) is 0 Å². The Balaban J connectivity index is 1.67. The van der Waals surface area contributed by atoms with Gasteiger partial charge in [-0.3, -0.25) is 25.0 Å². The average molecular weight is 424 g/mol. The minimum atomic E-state index is -0.776. The van der Waals surface area contributed by atoms with Gasteiger partial charge < -0.3 is 4.74 Å². The molecule has 0 aliphatic rings. The number of non-ortho nitro benzene ring substituents is 1. The van der Waals surface area contributed by atoms with Crippen LogP contribution < -0.4 is 10.2 Å². The fraction of sp³-hybridized carbons (Fsp3) is 0. The monoisotopic (exact) mass is 424 g/mol. The predicted octanol–water partition coefficient (Wildman–Crippen LogP) is 4.20. The first-order valence-electron chi connectivity index (χ1n) is 8.64. The van der Waals surface area contributed by atoms with E-state index in [9.17, 15) is 29.4 Å². The number of hydrogen-bond acceptors (Lipinski definition) is 7. The van der Waals surface area contributed by atoms with Crippen molar-refractivity contribution in [2.24, 2.45) is 5.10 Å². The number of carbonyl (C=O) groups is 1. The number of hydrogen-bond donors (Lipinski definition) is 1. The van der Waals surface area contributed by atoms with Gasteiger partial charge in [0.1, 0.15) is 11.6 Å². The molecule has 0 aromatic heterocycles. The molecule has 0 heterocycles. The first kappa shape index (κ1) is 21.0. The Morgan fingerprint density at radius 2 is 1.71 bits per heavy atom. The SMILES string of the molecule is O=C(N/N=C/c1ccc(Oc2ccc([N+](=O)[O-])cc2[N+](=O)[O-])cc1)c1ccccc1F. The molecule has 0 saturated heterocycles. The highest BCUT2D eigenvalue weighted by Crippen LogP contribution is 2.34. The highest BCUT2D eigenvalue weighted by atomic mass is 19.1. The van der Waals surface area contributed by atoms with E-state index in [0.717, 1.165) is 24.3 Å². The molecule has 0 spiro atoms. The number of rotatable bonds is 7. The topological polar surface area (TPSA) is 137 Å². The van der Waals surface area contributed by atoms with E-state index in [4.69, 9.17) is 4.74 Å². The van der Waals surface area contributed by atoms with Gasteiger partial charge in [0.15, 0.2) is 0 Å². The van der Waals surface area contributed by atoms with Crippen LogP contribution in [0.5, 0.6) is 11.5 Å². The van der Waals surface area contributed by atoms with Gasteiger partial charge in [-0.1, -0.05) is 12.1 Å². The van der Waals surface area contributed by atoms with Crippen molar-refractivity contribution in [2.45, 2.75) is 0 Å². The van der Waals surface area contributed by atoms with Crippen molar-refractivity contribution >= 4 is 23.5 Å². The minimum Gasteiger partial charge on any atom is -0.450 e. The van der Waals surface area contributed by atoms with E-state index in [1.807, 2.05) is 0 Å². The van der Waals surface area contributed by atoms with Crippen LogP contribution in [0, 0.1) is 26.0 Å². The second kappa shape index (κ2) is 9.22. The van der Waals surface area contributed by atoms with Gasteiger partial charge in [0, 0.05) is 6.07 Å². The highest BCUT2D eigenvalue weighted by molar-refractivity contribution is 5.95.